The van der Waals surface area contributed by atoms with Crippen molar-refractivity contribution in [2.45, 2.75) is 86.7 Å². The number of esters is 1. The van der Waals surface area contributed by atoms with E-state index < -0.39 is 24.0 Å². The van der Waals surface area contributed by atoms with Crippen molar-refractivity contribution in [2.24, 2.45) is 0 Å². The van der Waals surface area contributed by atoms with E-state index >= 15 is 0 Å². The molecule has 6 saturated heterocycles. The Bertz CT molecular complexity index is 932. The summed E-state index contributed by atoms with van der Waals surface area (Å²) >= 11 is 0. The van der Waals surface area contributed by atoms with Crippen molar-refractivity contribution < 1.29 is 33.2 Å². The first-order chi connectivity index (χ1) is 16.0. The van der Waals surface area contributed by atoms with Gasteiger partial charge in [0.25, 0.3) is 0 Å². The Morgan fingerprint density at radius 2 is 1.91 bits per heavy atom. The standard InChI is InChI=1S/C26H30O7/c1-3-7-18-20(31-25(27)16-8-5-4-6-9-16)24-23-22(29-18)21-19(30-23)13-26(32-21,33-24)11-10-17-12-15(2)14-28-17/h3-6,8-9,17-24H,1-2,7,10-14H2/t17?,18?,19?,20-,21?,22-,23?,24?,26-/m0/s1. The summed E-state index contributed by atoms with van der Waals surface area (Å²) in [4.78, 5) is 13.0. The Morgan fingerprint density at radius 1 is 1.12 bits per heavy atom. The van der Waals surface area contributed by atoms with E-state index in [0.717, 1.165) is 18.4 Å². The Morgan fingerprint density at radius 3 is 2.67 bits per heavy atom. The Balaban J connectivity index is 1.26. The van der Waals surface area contributed by atoms with E-state index in [9.17, 15) is 4.79 Å². The third-order valence-electron chi connectivity index (χ3n) is 7.44. The van der Waals surface area contributed by atoms with Crippen LogP contribution in [-0.4, -0.2) is 67.2 Å². The van der Waals surface area contributed by atoms with Crippen molar-refractivity contribution in [1.82, 2.24) is 0 Å². The Labute approximate surface area is 193 Å². The molecule has 1 aromatic carbocycles. The van der Waals surface area contributed by atoms with Gasteiger partial charge in [-0.25, -0.2) is 4.79 Å². The van der Waals surface area contributed by atoms with Crippen molar-refractivity contribution in [3.8, 4) is 0 Å². The summed E-state index contributed by atoms with van der Waals surface area (Å²) < 4.78 is 37.9. The second-order valence-electron chi connectivity index (χ2n) is 9.74. The van der Waals surface area contributed by atoms with Gasteiger partial charge in [0.15, 0.2) is 11.9 Å². The molecule has 6 bridgehead atoms. The minimum atomic E-state index is -0.791. The smallest absolute Gasteiger partial charge is 0.338 e. The first-order valence-electron chi connectivity index (χ1n) is 11.9. The molecule has 7 nitrogen and oxygen atoms in total. The molecule has 0 spiro atoms. The lowest BCUT2D eigenvalue weighted by molar-refractivity contribution is -0.272. The maximum absolute atomic E-state index is 13.0. The molecule has 6 aliphatic heterocycles. The molecule has 6 fully saturated rings. The van der Waals surface area contributed by atoms with Crippen LogP contribution < -0.4 is 0 Å². The van der Waals surface area contributed by atoms with Crippen molar-refractivity contribution >= 4 is 5.97 Å². The first kappa shape index (κ1) is 21.5. The van der Waals surface area contributed by atoms with E-state index in [1.165, 1.54) is 0 Å². The summed E-state index contributed by atoms with van der Waals surface area (Å²) in [6, 6.07) is 8.98. The van der Waals surface area contributed by atoms with Gasteiger partial charge in [-0.15, -0.1) is 6.58 Å². The fourth-order valence-electron chi connectivity index (χ4n) is 5.94. The third-order valence-corrected chi connectivity index (χ3v) is 7.44. The largest absolute Gasteiger partial charge is 0.453 e. The number of hydrogen-bond acceptors (Lipinski definition) is 7. The minimum Gasteiger partial charge on any atom is -0.453 e. The van der Waals surface area contributed by atoms with Gasteiger partial charge >= 0.3 is 5.97 Å². The van der Waals surface area contributed by atoms with Gasteiger partial charge < -0.3 is 28.4 Å². The van der Waals surface area contributed by atoms with Gasteiger partial charge in [0.1, 0.15) is 30.5 Å². The molecule has 0 saturated carbocycles. The highest BCUT2D eigenvalue weighted by Crippen LogP contribution is 2.53. The third kappa shape index (κ3) is 3.76. The monoisotopic (exact) mass is 454 g/mol. The zero-order chi connectivity index (χ0) is 22.6. The Kier molecular flexibility index (Phi) is 5.42. The van der Waals surface area contributed by atoms with Gasteiger partial charge in [-0.2, -0.15) is 0 Å². The van der Waals surface area contributed by atoms with Crippen LogP contribution in [0.15, 0.2) is 55.1 Å². The molecule has 0 aliphatic carbocycles. The maximum atomic E-state index is 13.0. The molecule has 176 valence electrons. The number of carbonyl (C=O) groups is 1. The lowest BCUT2D eigenvalue weighted by atomic mass is 9.90. The minimum absolute atomic E-state index is 0.0857. The molecule has 0 N–H and O–H groups in total. The molecule has 0 radical (unpaired) electrons. The fraction of sp³-hybridized carbons (Fsp3) is 0.577. The molecule has 7 heteroatoms. The average Bonchev–Trinajstić information content (AvgIpc) is 3.42. The van der Waals surface area contributed by atoms with Gasteiger partial charge in [0.05, 0.1) is 24.4 Å². The van der Waals surface area contributed by atoms with Crippen LogP contribution in [0.3, 0.4) is 0 Å². The fourth-order valence-corrected chi connectivity index (χ4v) is 5.94. The van der Waals surface area contributed by atoms with Crippen molar-refractivity contribution in [2.75, 3.05) is 6.61 Å². The van der Waals surface area contributed by atoms with Crippen LogP contribution >= 0.6 is 0 Å². The maximum Gasteiger partial charge on any atom is 0.338 e. The van der Waals surface area contributed by atoms with Gasteiger partial charge in [-0.1, -0.05) is 30.9 Å². The second kappa shape index (κ2) is 8.32. The quantitative estimate of drug-likeness (QED) is 0.462. The summed E-state index contributed by atoms with van der Waals surface area (Å²) in [5.74, 6) is -1.19. The highest BCUT2D eigenvalue weighted by molar-refractivity contribution is 5.89. The van der Waals surface area contributed by atoms with E-state index in [4.69, 9.17) is 28.4 Å². The van der Waals surface area contributed by atoms with Crippen LogP contribution in [-0.2, 0) is 28.4 Å². The number of benzene rings is 1. The van der Waals surface area contributed by atoms with E-state index in [1.54, 1.807) is 18.2 Å². The van der Waals surface area contributed by atoms with Crippen LogP contribution in [0.4, 0.5) is 0 Å². The molecule has 6 unspecified atom stereocenters. The van der Waals surface area contributed by atoms with Crippen molar-refractivity contribution in [3.63, 3.8) is 0 Å². The number of carbonyl (C=O) groups excluding carboxylic acids is 1. The molecule has 1 aromatic rings. The summed E-state index contributed by atoms with van der Waals surface area (Å²) in [7, 11) is 0. The summed E-state index contributed by atoms with van der Waals surface area (Å²) in [6.07, 6.45) is 3.15. The normalized spacial score (nSPS) is 43.0. The number of ether oxygens (including phenoxy) is 6. The molecule has 0 aromatic heterocycles. The highest BCUT2D eigenvalue weighted by Gasteiger charge is 2.68. The zero-order valence-corrected chi connectivity index (χ0v) is 18.6. The van der Waals surface area contributed by atoms with Gasteiger partial charge in [-0.3, -0.25) is 0 Å². The molecule has 7 rings (SSSR count). The SMILES string of the molecule is C=CCC1O[C@H]2C3O[C@]4(CCC5CC(=C)CO5)CC3OC2C(O4)[C@H]1OC(=O)c1ccccc1. The lowest BCUT2D eigenvalue weighted by Crippen LogP contribution is -2.59. The summed E-state index contributed by atoms with van der Waals surface area (Å²) in [5.41, 5.74) is 1.61. The van der Waals surface area contributed by atoms with Crippen LogP contribution in [0, 0.1) is 0 Å². The van der Waals surface area contributed by atoms with E-state index in [-0.39, 0.29) is 36.6 Å². The predicted octanol–water partition coefficient (Wildman–Crippen LogP) is 3.33. The van der Waals surface area contributed by atoms with E-state index in [1.807, 2.05) is 18.2 Å². The van der Waals surface area contributed by atoms with Gasteiger partial charge in [0, 0.05) is 12.8 Å². The summed E-state index contributed by atoms with van der Waals surface area (Å²) in [5, 5.41) is 0. The summed E-state index contributed by atoms with van der Waals surface area (Å²) in [6.45, 7) is 8.52. The Hall–Kier alpha value is -2.03. The topological polar surface area (TPSA) is 72.5 Å². The van der Waals surface area contributed by atoms with Crippen LogP contribution in [0.5, 0.6) is 0 Å². The molecule has 33 heavy (non-hydrogen) atoms. The first-order valence-corrected chi connectivity index (χ1v) is 11.9. The highest BCUT2D eigenvalue weighted by atomic mass is 16.8. The second-order valence-corrected chi connectivity index (χ2v) is 9.74. The molecular formula is C26H30O7. The van der Waals surface area contributed by atoms with E-state index in [0.29, 0.717) is 31.4 Å². The van der Waals surface area contributed by atoms with Gasteiger partial charge in [-0.05, 0) is 37.0 Å². The predicted molar refractivity (Wildman–Crippen MR) is 118 cm³/mol. The lowest BCUT2D eigenvalue weighted by Gasteiger charge is -2.43. The molecule has 6 aliphatic rings. The molecular weight excluding hydrogens is 424 g/mol. The van der Waals surface area contributed by atoms with Crippen molar-refractivity contribution in [3.05, 3.63) is 60.7 Å². The van der Waals surface area contributed by atoms with E-state index in [2.05, 4.69) is 13.2 Å². The van der Waals surface area contributed by atoms with Crippen molar-refractivity contribution in [1.29, 1.82) is 0 Å². The average molecular weight is 455 g/mol. The van der Waals surface area contributed by atoms with Gasteiger partial charge in [0.2, 0.25) is 0 Å². The molecule has 6 heterocycles. The molecule has 0 amide bonds. The van der Waals surface area contributed by atoms with Crippen LogP contribution in [0.25, 0.3) is 0 Å². The van der Waals surface area contributed by atoms with Crippen LogP contribution in [0.1, 0.15) is 42.5 Å². The molecule has 9 atom stereocenters. The van der Waals surface area contributed by atoms with Crippen LogP contribution in [0.2, 0.25) is 0 Å². The number of hydrogen-bond donors (Lipinski definition) is 0. The number of rotatable bonds is 7. The zero-order valence-electron chi connectivity index (χ0n) is 18.6.